The van der Waals surface area contributed by atoms with E-state index in [-0.39, 0.29) is 5.91 Å². The molecule has 0 aromatic rings. The van der Waals surface area contributed by atoms with Gasteiger partial charge in [0.25, 0.3) is 0 Å². The molecule has 0 fully saturated rings. The molecule has 16 nitrogen and oxygen atoms in total. The van der Waals surface area contributed by atoms with E-state index in [1.807, 2.05) is 0 Å². The molecule has 0 aromatic heterocycles. The van der Waals surface area contributed by atoms with Gasteiger partial charge in [0.1, 0.15) is 6.61 Å². The molecule has 0 aromatic carbocycles. The third kappa shape index (κ3) is 44.4. The summed E-state index contributed by atoms with van der Waals surface area (Å²) in [4.78, 5) is 11.0. The van der Waals surface area contributed by atoms with E-state index in [1.54, 1.807) is 7.05 Å². The normalized spacial score (nSPS) is 11.3. The van der Waals surface area contributed by atoms with Gasteiger partial charge in [-0.2, -0.15) is 0 Å². The highest BCUT2D eigenvalue weighted by Gasteiger charge is 1.99. The van der Waals surface area contributed by atoms with Crippen LogP contribution in [0.25, 0.3) is 0 Å². The lowest BCUT2D eigenvalue weighted by Gasteiger charge is -2.09. The van der Waals surface area contributed by atoms with Crippen molar-refractivity contribution in [1.82, 2.24) is 5.32 Å². The highest BCUT2D eigenvalue weighted by molar-refractivity contribution is 5.75. The predicted molar refractivity (Wildman–Crippen MR) is 179 cm³/mol. The summed E-state index contributed by atoms with van der Waals surface area (Å²) in [5.74, 6) is 2.36. The molecule has 0 aliphatic carbocycles. The Bertz CT molecular complexity index is 687. The molecule has 0 bridgehead atoms. The molecule has 0 rings (SSSR count). The van der Waals surface area contributed by atoms with E-state index in [4.69, 9.17) is 72.7 Å². The molecule has 0 unspecified atom stereocenters. The van der Waals surface area contributed by atoms with E-state index in [9.17, 15) is 4.79 Å². The second kappa shape index (κ2) is 44.5. The number of hydrogen-bond acceptors (Lipinski definition) is 15. The van der Waals surface area contributed by atoms with E-state index < -0.39 is 0 Å². The zero-order valence-corrected chi connectivity index (χ0v) is 29.7. The van der Waals surface area contributed by atoms with Gasteiger partial charge in [-0.3, -0.25) is 4.79 Å². The highest BCUT2D eigenvalue weighted by atomic mass is 16.6. The first-order valence-electron chi connectivity index (χ1n) is 17.0. The maximum absolute atomic E-state index is 11.0. The van der Waals surface area contributed by atoms with Crippen LogP contribution in [-0.2, 0) is 71.1 Å². The van der Waals surface area contributed by atoms with Crippen molar-refractivity contribution in [1.29, 1.82) is 0 Å². The molecule has 0 saturated carbocycles. The summed E-state index contributed by atoms with van der Waals surface area (Å²) in [7, 11) is 1.60. The van der Waals surface area contributed by atoms with Crippen LogP contribution in [0.15, 0.2) is 0 Å². The summed E-state index contributed by atoms with van der Waals surface area (Å²) in [6, 6.07) is 0. The van der Waals surface area contributed by atoms with Gasteiger partial charge in [-0.15, -0.1) is 6.42 Å². The average molecular weight is 714 g/mol. The van der Waals surface area contributed by atoms with Crippen LogP contribution in [0.5, 0.6) is 0 Å². The molecule has 16 heteroatoms. The van der Waals surface area contributed by atoms with E-state index >= 15 is 0 Å². The third-order valence-corrected chi connectivity index (χ3v) is 5.77. The number of carbonyl (C=O) groups excluding carboxylic acids is 1. The summed E-state index contributed by atoms with van der Waals surface area (Å²) in [5.41, 5.74) is 0. The van der Waals surface area contributed by atoms with Crippen molar-refractivity contribution in [2.75, 3.05) is 192 Å². The number of hydrogen-bond donors (Lipinski definition) is 1. The zero-order valence-electron chi connectivity index (χ0n) is 29.7. The quantitative estimate of drug-likeness (QED) is 0.0664. The van der Waals surface area contributed by atoms with Gasteiger partial charge < -0.3 is 71.6 Å². The molecular weight excluding hydrogens is 650 g/mol. The van der Waals surface area contributed by atoms with Gasteiger partial charge >= 0.3 is 0 Å². The van der Waals surface area contributed by atoms with Crippen molar-refractivity contribution in [3.05, 3.63) is 0 Å². The summed E-state index contributed by atoms with van der Waals surface area (Å²) in [6.07, 6.45) is 5.43. The Balaban J connectivity index is 3.06. The monoisotopic (exact) mass is 713 g/mol. The fourth-order valence-electron chi connectivity index (χ4n) is 3.28. The first kappa shape index (κ1) is 47.5. The Morgan fingerprint density at radius 3 is 0.735 bits per heavy atom. The molecule has 1 N–H and O–H groups in total. The summed E-state index contributed by atoms with van der Waals surface area (Å²) in [5, 5.41) is 2.54. The van der Waals surface area contributed by atoms with Crippen LogP contribution in [0.3, 0.4) is 0 Å². The van der Waals surface area contributed by atoms with Gasteiger partial charge in [0.05, 0.1) is 178 Å². The summed E-state index contributed by atoms with van der Waals surface area (Å²) in [6.45, 7) is 13.5. The van der Waals surface area contributed by atoms with E-state index in [0.717, 1.165) is 0 Å². The van der Waals surface area contributed by atoms with Gasteiger partial charge in [0.15, 0.2) is 0 Å². The Morgan fingerprint density at radius 2 is 0.551 bits per heavy atom. The lowest BCUT2D eigenvalue weighted by atomic mass is 10.4. The van der Waals surface area contributed by atoms with Gasteiger partial charge in [-0.05, 0) is 0 Å². The van der Waals surface area contributed by atoms with Crippen LogP contribution < -0.4 is 5.32 Å². The minimum atomic E-state index is -0.0383. The molecule has 0 aliphatic heterocycles. The molecular formula is C33H63NO15. The minimum absolute atomic E-state index is 0.0383. The Morgan fingerprint density at radius 1 is 0.367 bits per heavy atom. The number of carbonyl (C=O) groups is 1. The van der Waals surface area contributed by atoms with Crippen molar-refractivity contribution in [2.45, 2.75) is 6.42 Å². The molecule has 290 valence electrons. The van der Waals surface area contributed by atoms with Crippen LogP contribution >= 0.6 is 0 Å². The number of terminal acetylenes is 1. The molecule has 0 spiro atoms. The topological polar surface area (TPSA) is 158 Å². The van der Waals surface area contributed by atoms with Crippen molar-refractivity contribution in [3.63, 3.8) is 0 Å². The first-order valence-corrected chi connectivity index (χ1v) is 17.0. The molecule has 1 amide bonds. The Kier molecular flexibility index (Phi) is 43.1. The first-order chi connectivity index (χ1) is 24.3. The molecule has 49 heavy (non-hydrogen) atoms. The zero-order chi connectivity index (χ0) is 35.4. The molecule has 0 heterocycles. The maximum atomic E-state index is 11.0. The van der Waals surface area contributed by atoms with Crippen LogP contribution in [0.4, 0.5) is 0 Å². The highest BCUT2D eigenvalue weighted by Crippen LogP contribution is 1.88. The average Bonchev–Trinajstić information content (AvgIpc) is 3.11. The lowest BCUT2D eigenvalue weighted by molar-refractivity contribution is -0.121. The molecule has 0 atom stereocenters. The van der Waals surface area contributed by atoms with E-state index in [0.29, 0.717) is 191 Å². The van der Waals surface area contributed by atoms with Crippen LogP contribution in [0, 0.1) is 12.3 Å². The molecule has 0 radical (unpaired) electrons. The number of ether oxygens (including phenoxy) is 14. The fourth-order valence-corrected chi connectivity index (χ4v) is 3.28. The van der Waals surface area contributed by atoms with Crippen molar-refractivity contribution in [3.8, 4) is 12.3 Å². The van der Waals surface area contributed by atoms with Gasteiger partial charge in [0.2, 0.25) is 5.91 Å². The lowest BCUT2D eigenvalue weighted by Crippen LogP contribution is -2.20. The van der Waals surface area contributed by atoms with Gasteiger partial charge in [-0.1, -0.05) is 5.92 Å². The fraction of sp³-hybridized carbons (Fsp3) is 0.909. The van der Waals surface area contributed by atoms with E-state index in [1.165, 1.54) is 0 Å². The maximum Gasteiger partial charge on any atom is 0.222 e. The van der Waals surface area contributed by atoms with Crippen molar-refractivity contribution >= 4 is 5.91 Å². The second-order valence-corrected chi connectivity index (χ2v) is 9.64. The largest absolute Gasteiger partial charge is 0.379 e. The van der Waals surface area contributed by atoms with Crippen LogP contribution in [0.1, 0.15) is 6.42 Å². The molecule has 0 saturated heterocycles. The number of nitrogens with one attached hydrogen (secondary N) is 1. The Labute approximate surface area is 293 Å². The smallest absolute Gasteiger partial charge is 0.222 e. The second-order valence-electron chi connectivity index (χ2n) is 9.64. The van der Waals surface area contributed by atoms with Gasteiger partial charge in [0, 0.05) is 13.5 Å². The van der Waals surface area contributed by atoms with Crippen molar-refractivity contribution < 1.29 is 71.1 Å². The SMILES string of the molecule is C#CCOCCOCCOCCOCCOCCOCCOCCOCCOCCOCCOCCOCCOCCOCCC(=O)NC. The van der Waals surface area contributed by atoms with Gasteiger partial charge in [-0.25, -0.2) is 0 Å². The van der Waals surface area contributed by atoms with E-state index in [2.05, 4.69) is 11.2 Å². The number of amides is 1. The minimum Gasteiger partial charge on any atom is -0.379 e. The van der Waals surface area contributed by atoms with Crippen LogP contribution in [-0.4, -0.2) is 198 Å². The number of rotatable bonds is 43. The third-order valence-electron chi connectivity index (χ3n) is 5.77. The predicted octanol–water partition coefficient (Wildman–Crippen LogP) is -0.0119. The summed E-state index contributed by atoms with van der Waals surface area (Å²) >= 11 is 0. The molecule has 0 aliphatic rings. The Hall–Kier alpha value is -1.53. The van der Waals surface area contributed by atoms with Crippen LogP contribution in [0.2, 0.25) is 0 Å². The summed E-state index contributed by atoms with van der Waals surface area (Å²) < 4.78 is 75.7. The van der Waals surface area contributed by atoms with Crippen molar-refractivity contribution in [2.24, 2.45) is 0 Å². The standard InChI is InChI=1S/C33H63NO15/c1-3-5-36-7-9-38-11-13-40-15-17-42-19-21-44-23-25-46-27-29-48-31-32-49-30-28-47-26-24-45-22-20-43-18-16-41-14-12-39-10-8-37-6-4-33(35)34-2/h1H,4-32H2,2H3,(H,34,35).